The van der Waals surface area contributed by atoms with E-state index in [2.05, 4.69) is 51.2 Å². The Kier molecular flexibility index (Phi) is 8.68. The molecule has 2 aliphatic carbocycles. The molecule has 1 aromatic carbocycles. The Morgan fingerprint density at radius 1 is 1.14 bits per heavy atom. The van der Waals surface area contributed by atoms with Crippen LogP contribution in [0.2, 0.25) is 5.02 Å². The Bertz CT molecular complexity index is 1130. The van der Waals surface area contributed by atoms with Crippen LogP contribution in [0.3, 0.4) is 0 Å². The third kappa shape index (κ3) is 7.24. The topological polar surface area (TPSA) is 110 Å². The Morgan fingerprint density at radius 2 is 1.89 bits per heavy atom. The van der Waals surface area contributed by atoms with Crippen LogP contribution in [-0.4, -0.2) is 55.8 Å². The molecule has 0 spiro atoms. The highest BCUT2D eigenvalue weighted by molar-refractivity contribution is 6.34. The highest BCUT2D eigenvalue weighted by Crippen LogP contribution is 2.29. The van der Waals surface area contributed by atoms with E-state index in [0.29, 0.717) is 10.7 Å². The number of halogens is 1. The van der Waals surface area contributed by atoms with Gasteiger partial charge in [-0.3, -0.25) is 10.1 Å². The summed E-state index contributed by atoms with van der Waals surface area (Å²) in [4.78, 5) is 30.5. The van der Waals surface area contributed by atoms with Gasteiger partial charge in [0.1, 0.15) is 6.17 Å². The molecule has 1 saturated carbocycles. The van der Waals surface area contributed by atoms with Gasteiger partial charge in [0.05, 0.1) is 29.3 Å². The van der Waals surface area contributed by atoms with Crippen LogP contribution in [0.25, 0.3) is 0 Å². The molecule has 0 saturated heterocycles. The fraction of sp³-hybridized carbons (Fsp3) is 0.370. The number of hydrogen-bond acceptors (Lipinski definition) is 6. The smallest absolute Gasteiger partial charge is 0.319 e. The number of nitrogens with one attached hydrogen (secondary N) is 5. The molecule has 0 bridgehead atoms. The van der Waals surface area contributed by atoms with Gasteiger partial charge in [-0.05, 0) is 55.2 Å². The van der Waals surface area contributed by atoms with E-state index in [4.69, 9.17) is 11.6 Å². The summed E-state index contributed by atoms with van der Waals surface area (Å²) < 4.78 is 0. The molecular formula is C27H34ClN7O2. The molecule has 3 amide bonds. The molecule has 5 atom stereocenters. The fourth-order valence-corrected chi connectivity index (χ4v) is 4.38. The van der Waals surface area contributed by atoms with Crippen molar-refractivity contribution in [1.82, 2.24) is 21.3 Å². The number of anilines is 2. The molecule has 10 heteroatoms. The van der Waals surface area contributed by atoms with E-state index in [1.165, 1.54) is 6.08 Å². The number of aliphatic imine (C=N–C) groups is 1. The molecule has 0 radical (unpaired) electrons. The Morgan fingerprint density at radius 3 is 2.59 bits per heavy atom. The lowest BCUT2D eigenvalue weighted by Crippen LogP contribution is -2.51. The first-order valence-electron chi connectivity index (χ1n) is 12.4. The van der Waals surface area contributed by atoms with Gasteiger partial charge in [-0.15, -0.1) is 0 Å². The van der Waals surface area contributed by atoms with Crippen molar-refractivity contribution in [2.45, 2.75) is 50.2 Å². The largest absolute Gasteiger partial charge is 0.358 e. The highest BCUT2D eigenvalue weighted by atomic mass is 35.5. The van der Waals surface area contributed by atoms with Crippen molar-refractivity contribution in [3.63, 3.8) is 0 Å². The minimum atomic E-state index is -0.254. The average molecular weight is 524 g/mol. The molecule has 1 aliphatic heterocycles. The highest BCUT2D eigenvalue weighted by Gasteiger charge is 2.27. The molecule has 37 heavy (non-hydrogen) atoms. The first kappa shape index (κ1) is 26.5. The number of hydrogen-bond donors (Lipinski definition) is 5. The van der Waals surface area contributed by atoms with E-state index >= 15 is 0 Å². The molecule has 4 rings (SSSR count). The summed E-state index contributed by atoms with van der Waals surface area (Å²) in [6.45, 7) is 5.63. The van der Waals surface area contributed by atoms with Crippen LogP contribution in [0.4, 0.5) is 16.2 Å². The molecule has 9 nitrogen and oxygen atoms in total. The second-order valence-corrected chi connectivity index (χ2v) is 9.84. The van der Waals surface area contributed by atoms with E-state index in [1.54, 1.807) is 12.4 Å². The first-order valence-corrected chi connectivity index (χ1v) is 12.8. The number of carbonyl (C=O) groups is 2. The van der Waals surface area contributed by atoms with Crippen LogP contribution in [-0.2, 0) is 4.79 Å². The average Bonchev–Trinajstić information content (AvgIpc) is 3.73. The lowest BCUT2D eigenvalue weighted by molar-refractivity contribution is -0.117. The summed E-state index contributed by atoms with van der Waals surface area (Å²) in [5.41, 5.74) is 1.43. The van der Waals surface area contributed by atoms with Crippen LogP contribution in [0.5, 0.6) is 0 Å². The zero-order valence-electron chi connectivity index (χ0n) is 21.0. The van der Waals surface area contributed by atoms with Crippen molar-refractivity contribution < 1.29 is 9.59 Å². The second kappa shape index (κ2) is 12.1. The van der Waals surface area contributed by atoms with Crippen LogP contribution in [0.15, 0.2) is 72.3 Å². The Hall–Kier alpha value is -3.56. The Balaban J connectivity index is 1.37. The van der Waals surface area contributed by atoms with Gasteiger partial charge in [-0.25, -0.2) is 9.79 Å². The number of carbonyl (C=O) groups excluding carboxylic acids is 2. The predicted octanol–water partition coefficient (Wildman–Crippen LogP) is 3.29. The van der Waals surface area contributed by atoms with Crippen molar-refractivity contribution in [2.24, 2.45) is 10.9 Å². The number of allylic oxidation sites excluding steroid dienone is 2. The van der Waals surface area contributed by atoms with Crippen molar-refractivity contribution in [3.05, 3.63) is 72.3 Å². The quantitative estimate of drug-likeness (QED) is 0.265. The SMILES string of the molecule is C=CC(=O)NC1C=CC=CC(NC2C=CC(N(C)c3ccc(NC(=O)NC4CC4)c(Cl)c3)N=CN2)C1C. The lowest BCUT2D eigenvalue weighted by atomic mass is 9.94. The van der Waals surface area contributed by atoms with Crippen molar-refractivity contribution in [2.75, 3.05) is 17.3 Å². The van der Waals surface area contributed by atoms with Crippen molar-refractivity contribution in [1.29, 1.82) is 0 Å². The molecule has 1 aromatic rings. The third-order valence-electron chi connectivity index (χ3n) is 6.62. The van der Waals surface area contributed by atoms with Gasteiger partial charge in [-0.2, -0.15) is 0 Å². The predicted molar refractivity (Wildman–Crippen MR) is 150 cm³/mol. The maximum Gasteiger partial charge on any atom is 0.319 e. The fourth-order valence-electron chi connectivity index (χ4n) is 4.16. The van der Waals surface area contributed by atoms with Gasteiger partial charge in [0, 0.05) is 24.8 Å². The van der Waals surface area contributed by atoms with Gasteiger partial charge >= 0.3 is 6.03 Å². The molecule has 1 fully saturated rings. The van der Waals surface area contributed by atoms with Gasteiger partial charge in [0.25, 0.3) is 0 Å². The van der Waals surface area contributed by atoms with Gasteiger partial charge in [-0.1, -0.05) is 49.4 Å². The van der Waals surface area contributed by atoms with Gasteiger partial charge < -0.3 is 26.2 Å². The molecule has 0 aromatic heterocycles. The standard InChI is InChI=1S/C27H34ClN7O2/c1-4-26(36)33-22-8-6-5-7-21(17(22)2)32-24-13-14-25(30-16-29-24)35(3)19-11-12-23(20(28)15-19)34-27(37)31-18-9-10-18/h4-8,11-18,21-22,24-25,32H,1,9-10H2,2-3H3,(H,29,30)(H,33,36)(H2,31,34,37). The number of rotatable bonds is 8. The second-order valence-electron chi connectivity index (χ2n) is 9.43. The van der Waals surface area contributed by atoms with Gasteiger partial charge in [0.15, 0.2) is 0 Å². The molecule has 5 N–H and O–H groups in total. The monoisotopic (exact) mass is 523 g/mol. The van der Waals surface area contributed by atoms with Crippen LogP contribution in [0.1, 0.15) is 19.8 Å². The van der Waals surface area contributed by atoms with Crippen LogP contribution >= 0.6 is 11.6 Å². The maximum absolute atomic E-state index is 12.0. The first-order chi connectivity index (χ1) is 17.8. The third-order valence-corrected chi connectivity index (χ3v) is 6.93. The van der Waals surface area contributed by atoms with Crippen LogP contribution < -0.4 is 31.5 Å². The summed E-state index contributed by atoms with van der Waals surface area (Å²) >= 11 is 6.46. The normalized spacial score (nSPS) is 26.4. The number of likely N-dealkylation sites (N-methyl/N-ethyl adjacent to an activating group) is 1. The molecule has 5 unspecified atom stereocenters. The van der Waals surface area contributed by atoms with Crippen molar-refractivity contribution in [3.8, 4) is 0 Å². The lowest BCUT2D eigenvalue weighted by Gasteiger charge is -2.30. The number of amides is 3. The zero-order chi connectivity index (χ0) is 26.4. The summed E-state index contributed by atoms with van der Waals surface area (Å²) in [5, 5.41) is 16.0. The minimum absolute atomic E-state index is 0.00547. The zero-order valence-corrected chi connectivity index (χ0v) is 21.8. The summed E-state index contributed by atoms with van der Waals surface area (Å²) in [7, 11) is 1.94. The summed E-state index contributed by atoms with van der Waals surface area (Å²) in [6, 6.07) is 5.42. The molecule has 196 valence electrons. The van der Waals surface area contributed by atoms with Gasteiger partial charge in [0.2, 0.25) is 5.91 Å². The van der Waals surface area contributed by atoms with E-state index in [0.717, 1.165) is 18.5 Å². The van der Waals surface area contributed by atoms with Crippen LogP contribution in [0, 0.1) is 5.92 Å². The maximum atomic E-state index is 12.0. The Labute approximate surface area is 222 Å². The van der Waals surface area contributed by atoms with Crippen molar-refractivity contribution >= 4 is 41.3 Å². The summed E-state index contributed by atoms with van der Waals surface area (Å²) in [5.74, 6) is -0.0912. The number of nitrogens with zero attached hydrogens (tertiary/aromatic N) is 2. The number of benzene rings is 1. The van der Waals surface area contributed by atoms with E-state index in [9.17, 15) is 9.59 Å². The van der Waals surface area contributed by atoms with E-state index in [1.807, 2.05) is 54.5 Å². The summed E-state index contributed by atoms with van der Waals surface area (Å²) in [6.07, 6.45) is 16.7. The molecule has 1 heterocycles. The minimum Gasteiger partial charge on any atom is -0.358 e. The molecular weight excluding hydrogens is 490 g/mol. The number of urea groups is 1. The molecule has 3 aliphatic rings. The van der Waals surface area contributed by atoms with E-state index in [-0.39, 0.29) is 48.3 Å². The van der Waals surface area contributed by atoms with E-state index < -0.39 is 0 Å².